The van der Waals surface area contributed by atoms with Crippen LogP contribution < -0.4 is 0 Å². The van der Waals surface area contributed by atoms with Gasteiger partial charge in [-0.15, -0.1) is 0 Å². The summed E-state index contributed by atoms with van der Waals surface area (Å²) >= 11 is 0. The van der Waals surface area contributed by atoms with E-state index in [9.17, 15) is 24.8 Å². The summed E-state index contributed by atoms with van der Waals surface area (Å²) in [5.74, 6) is -2.53. The summed E-state index contributed by atoms with van der Waals surface area (Å²) in [6.45, 7) is 13.0. The molecule has 0 aliphatic heterocycles. The molecule has 5 aliphatic rings. The molecule has 5 aliphatic carbocycles. The van der Waals surface area contributed by atoms with Crippen LogP contribution in [0.25, 0.3) is 0 Å². The van der Waals surface area contributed by atoms with Crippen molar-refractivity contribution in [2.45, 2.75) is 80.1 Å². The van der Waals surface area contributed by atoms with Crippen LogP contribution in [0, 0.1) is 67.5 Å². The van der Waals surface area contributed by atoms with E-state index in [1.165, 1.54) is 0 Å². The number of carboxylic acids is 1. The minimum Gasteiger partial charge on any atom is -0.481 e. The molecule has 0 aromatic heterocycles. The first-order valence-electron chi connectivity index (χ1n) is 14.8. The second-order valence-electron chi connectivity index (χ2n) is 15.0. The predicted octanol–water partition coefficient (Wildman–Crippen LogP) is 5.75. The normalized spacial score (nSPS) is 47.2. The third-order valence-electron chi connectivity index (χ3n) is 13.0. The number of allylic oxidation sites excluding steroid dienone is 4. The number of hydrogen-bond donors (Lipinski definition) is 1. The van der Waals surface area contributed by atoms with E-state index in [0.717, 1.165) is 18.4 Å². The number of ketones is 2. The molecule has 0 bridgehead atoms. The van der Waals surface area contributed by atoms with Crippen LogP contribution in [0.2, 0.25) is 0 Å². The Morgan fingerprint density at radius 3 is 2.38 bits per heavy atom. The van der Waals surface area contributed by atoms with E-state index in [1.54, 1.807) is 13.2 Å². The Morgan fingerprint density at radius 2 is 1.75 bits per heavy atom. The predicted molar refractivity (Wildman–Crippen MR) is 149 cm³/mol. The number of nitriles is 1. The molecule has 1 N–H and O–H groups in total. The quantitative estimate of drug-likeness (QED) is 0.342. The highest BCUT2D eigenvalue weighted by atomic mass is 16.7. The highest BCUT2D eigenvalue weighted by Gasteiger charge is 2.72. The zero-order valence-electron chi connectivity index (χ0n) is 25.1. The fourth-order valence-corrected chi connectivity index (χ4v) is 10.3. The van der Waals surface area contributed by atoms with Crippen molar-refractivity contribution in [1.82, 2.24) is 0 Å². The third-order valence-corrected chi connectivity index (χ3v) is 13.0. The topological polar surface area (TPSA) is 114 Å². The summed E-state index contributed by atoms with van der Waals surface area (Å²) in [4.78, 5) is 40.8. The molecule has 0 heterocycles. The second-order valence-corrected chi connectivity index (χ2v) is 15.0. The molecule has 7 heteroatoms. The van der Waals surface area contributed by atoms with Crippen molar-refractivity contribution in [3.05, 3.63) is 23.8 Å². The average molecular weight is 552 g/mol. The number of rotatable bonds is 5. The van der Waals surface area contributed by atoms with Crippen LogP contribution >= 0.6 is 0 Å². The SMILES string of the molecule is COCOCC1(C)C(=O)C=CC2(C)C3=CC(=O)C4C5C(C#N)C(C)(C)CCC5(C(=O)O)CCC4(C)C3(C)CCC21. The fourth-order valence-electron chi connectivity index (χ4n) is 10.3. The number of methoxy groups -OCH3 is 1. The van der Waals surface area contributed by atoms with Crippen LogP contribution in [-0.4, -0.2) is 43.2 Å². The summed E-state index contributed by atoms with van der Waals surface area (Å²) in [5.41, 5.74) is -2.57. The maximum absolute atomic E-state index is 14.5. The number of ether oxygens (including phenoxy) is 2. The van der Waals surface area contributed by atoms with Gasteiger partial charge in [0, 0.05) is 24.4 Å². The highest BCUT2D eigenvalue weighted by Crippen LogP contribution is 2.75. The Morgan fingerprint density at radius 1 is 1.07 bits per heavy atom. The molecule has 3 fully saturated rings. The molecule has 5 rings (SSSR count). The van der Waals surface area contributed by atoms with Crippen LogP contribution in [-0.2, 0) is 23.9 Å². The molecule has 0 aromatic rings. The molecule has 3 saturated carbocycles. The Labute approximate surface area is 238 Å². The first-order valence-corrected chi connectivity index (χ1v) is 14.8. The lowest BCUT2D eigenvalue weighted by Gasteiger charge is -2.69. The Kier molecular flexibility index (Phi) is 6.64. The molecule has 218 valence electrons. The van der Waals surface area contributed by atoms with E-state index in [0.29, 0.717) is 25.7 Å². The Balaban J connectivity index is 1.66. The van der Waals surface area contributed by atoms with Gasteiger partial charge in [0.25, 0.3) is 0 Å². The van der Waals surface area contributed by atoms with Crippen molar-refractivity contribution in [1.29, 1.82) is 5.26 Å². The van der Waals surface area contributed by atoms with Gasteiger partial charge in [0.1, 0.15) is 6.79 Å². The Bertz CT molecular complexity index is 1240. The number of carbonyl (C=O) groups excluding carboxylic acids is 2. The van der Waals surface area contributed by atoms with Gasteiger partial charge in [-0.2, -0.15) is 5.26 Å². The summed E-state index contributed by atoms with van der Waals surface area (Å²) in [7, 11) is 1.56. The molecule has 0 aromatic carbocycles. The molecule has 0 radical (unpaired) electrons. The number of nitrogens with zero attached hydrogens (tertiary/aromatic N) is 1. The minimum absolute atomic E-state index is 0.0340. The number of carboxylic acid groups (broad SMARTS) is 1. The van der Waals surface area contributed by atoms with Gasteiger partial charge < -0.3 is 14.6 Å². The maximum atomic E-state index is 14.5. The first kappa shape index (κ1) is 29.2. The summed E-state index contributed by atoms with van der Waals surface area (Å²) in [6, 6.07) is 2.51. The van der Waals surface area contributed by atoms with Crippen LogP contribution in [0.15, 0.2) is 23.8 Å². The first-order chi connectivity index (χ1) is 18.6. The number of hydrogen-bond acceptors (Lipinski definition) is 6. The van der Waals surface area contributed by atoms with Gasteiger partial charge in [-0.1, -0.05) is 46.3 Å². The van der Waals surface area contributed by atoms with Gasteiger partial charge in [-0.05, 0) is 79.8 Å². The molecule has 0 saturated heterocycles. The molecule has 40 heavy (non-hydrogen) atoms. The van der Waals surface area contributed by atoms with Gasteiger partial charge in [-0.25, -0.2) is 0 Å². The van der Waals surface area contributed by atoms with E-state index in [-0.39, 0.29) is 41.7 Å². The van der Waals surface area contributed by atoms with Crippen molar-refractivity contribution in [3.63, 3.8) is 0 Å². The van der Waals surface area contributed by atoms with Crippen LogP contribution in [0.4, 0.5) is 0 Å². The number of aliphatic carboxylic acids is 1. The lowest BCUT2D eigenvalue weighted by Crippen LogP contribution is -2.67. The summed E-state index contributed by atoms with van der Waals surface area (Å²) in [6.07, 6.45) is 9.30. The van der Waals surface area contributed by atoms with E-state index in [4.69, 9.17) is 9.47 Å². The van der Waals surface area contributed by atoms with E-state index in [1.807, 2.05) is 19.1 Å². The Hall–Kier alpha value is -2.30. The lowest BCUT2D eigenvalue weighted by molar-refractivity contribution is -0.196. The fraction of sp³-hybridized carbons (Fsp3) is 0.758. The largest absolute Gasteiger partial charge is 0.481 e. The zero-order chi connectivity index (χ0) is 29.5. The summed E-state index contributed by atoms with van der Waals surface area (Å²) < 4.78 is 10.9. The van der Waals surface area contributed by atoms with Crippen molar-refractivity contribution in [3.8, 4) is 6.07 Å². The van der Waals surface area contributed by atoms with Crippen LogP contribution in [0.3, 0.4) is 0 Å². The van der Waals surface area contributed by atoms with Crippen molar-refractivity contribution in [2.75, 3.05) is 20.5 Å². The van der Waals surface area contributed by atoms with Crippen molar-refractivity contribution < 1.29 is 29.0 Å². The maximum Gasteiger partial charge on any atom is 0.309 e. The van der Waals surface area contributed by atoms with Crippen molar-refractivity contribution >= 4 is 17.5 Å². The van der Waals surface area contributed by atoms with Gasteiger partial charge in [-0.3, -0.25) is 14.4 Å². The standard InChI is InChI=1S/C33H45NO6/c1-28(2)12-14-33(27(37)38)15-13-32(6)26(25(33)20(28)17-34)21(35)16-23-29(3)10-9-24(36)30(4,18-40-19-39-7)22(29)8-11-31(23,32)5/h9-10,16,20,22,25-26H,8,11-15,18-19H2,1-7H3,(H,37,38). The zero-order valence-corrected chi connectivity index (χ0v) is 25.1. The molecular weight excluding hydrogens is 506 g/mol. The second kappa shape index (κ2) is 9.10. The van der Waals surface area contributed by atoms with E-state index in [2.05, 4.69) is 40.7 Å². The minimum atomic E-state index is -1.06. The molecular formula is C33H45NO6. The van der Waals surface area contributed by atoms with E-state index >= 15 is 0 Å². The molecule has 7 nitrogen and oxygen atoms in total. The van der Waals surface area contributed by atoms with Crippen LogP contribution in [0.1, 0.15) is 80.1 Å². The van der Waals surface area contributed by atoms with Gasteiger partial charge >= 0.3 is 5.97 Å². The smallest absolute Gasteiger partial charge is 0.309 e. The number of carbonyl (C=O) groups is 3. The third kappa shape index (κ3) is 3.51. The molecule has 9 unspecified atom stereocenters. The van der Waals surface area contributed by atoms with Crippen LogP contribution in [0.5, 0.6) is 0 Å². The monoisotopic (exact) mass is 551 g/mol. The van der Waals surface area contributed by atoms with E-state index < -0.39 is 45.4 Å². The lowest BCUT2D eigenvalue weighted by atomic mass is 9.33. The molecule has 0 spiro atoms. The average Bonchev–Trinajstić information content (AvgIpc) is 2.88. The highest BCUT2D eigenvalue weighted by molar-refractivity contribution is 5.98. The van der Waals surface area contributed by atoms with Crippen molar-refractivity contribution in [2.24, 2.45) is 56.2 Å². The van der Waals surface area contributed by atoms with Gasteiger partial charge in [0.2, 0.25) is 0 Å². The summed E-state index contributed by atoms with van der Waals surface area (Å²) in [5, 5.41) is 21.1. The molecule has 0 amide bonds. The van der Waals surface area contributed by atoms with Gasteiger partial charge in [0.05, 0.1) is 29.4 Å². The molecule has 9 atom stereocenters. The number of fused-ring (bicyclic) bond motifs is 7. The van der Waals surface area contributed by atoms with Gasteiger partial charge in [0.15, 0.2) is 11.6 Å².